The maximum absolute atomic E-state index is 13.9. The number of benzene rings is 2. The summed E-state index contributed by atoms with van der Waals surface area (Å²) in [6, 6.07) is 12.5. The van der Waals surface area contributed by atoms with Gasteiger partial charge in [-0.2, -0.15) is 5.10 Å². The van der Waals surface area contributed by atoms with Crippen LogP contribution in [0.15, 0.2) is 59.3 Å². The Balaban J connectivity index is 1.33. The molecule has 0 spiro atoms. The topological polar surface area (TPSA) is 50.6 Å². The van der Waals surface area contributed by atoms with E-state index in [4.69, 9.17) is 4.74 Å². The smallest absolute Gasteiger partial charge is 0.253 e. The molecule has 1 fully saturated rings. The van der Waals surface area contributed by atoms with Crippen molar-refractivity contribution in [2.45, 2.75) is 6.54 Å². The number of halogens is 2. The lowest BCUT2D eigenvalue weighted by atomic mass is 10.1. The zero-order valence-electron chi connectivity index (χ0n) is 16.6. The molecular formula is C22H22BrFN4O2. The van der Waals surface area contributed by atoms with Crippen molar-refractivity contribution in [1.29, 1.82) is 0 Å². The van der Waals surface area contributed by atoms with E-state index in [1.807, 2.05) is 41.4 Å². The molecule has 0 atom stereocenters. The molecule has 0 aliphatic carbocycles. The average molecular weight is 473 g/mol. The van der Waals surface area contributed by atoms with Gasteiger partial charge < -0.3 is 9.64 Å². The number of rotatable bonds is 5. The van der Waals surface area contributed by atoms with E-state index in [1.54, 1.807) is 16.9 Å². The van der Waals surface area contributed by atoms with Crippen molar-refractivity contribution >= 4 is 21.8 Å². The molecule has 0 bridgehead atoms. The molecule has 2 aromatic carbocycles. The van der Waals surface area contributed by atoms with E-state index < -0.39 is 0 Å². The van der Waals surface area contributed by atoms with Gasteiger partial charge in [-0.15, -0.1) is 0 Å². The Morgan fingerprint density at radius 2 is 1.87 bits per heavy atom. The fourth-order valence-corrected chi connectivity index (χ4v) is 3.84. The number of amides is 1. The molecule has 4 rings (SSSR count). The molecule has 8 heteroatoms. The number of methoxy groups -OCH3 is 1. The molecular weight excluding hydrogens is 451 g/mol. The predicted molar refractivity (Wildman–Crippen MR) is 115 cm³/mol. The SMILES string of the molecule is COc1ccc(CN2CCN(C(=O)c3ccc(-n4cc(Br)cn4)cc3)CC2)cc1F. The maximum atomic E-state index is 13.9. The molecule has 30 heavy (non-hydrogen) atoms. The molecule has 1 saturated heterocycles. The van der Waals surface area contributed by atoms with Gasteiger partial charge >= 0.3 is 0 Å². The average Bonchev–Trinajstić information content (AvgIpc) is 3.20. The molecule has 1 aliphatic heterocycles. The lowest BCUT2D eigenvalue weighted by Crippen LogP contribution is -2.48. The van der Waals surface area contributed by atoms with E-state index in [0.717, 1.165) is 28.8 Å². The molecule has 6 nitrogen and oxygen atoms in total. The summed E-state index contributed by atoms with van der Waals surface area (Å²) in [6.45, 7) is 3.44. The van der Waals surface area contributed by atoms with E-state index in [-0.39, 0.29) is 17.5 Å². The number of carbonyl (C=O) groups excluding carboxylic acids is 1. The number of hydrogen-bond donors (Lipinski definition) is 0. The van der Waals surface area contributed by atoms with Crippen LogP contribution in [-0.2, 0) is 6.54 Å². The summed E-state index contributed by atoms with van der Waals surface area (Å²) in [5.41, 5.74) is 2.46. The first kappa shape index (κ1) is 20.6. The van der Waals surface area contributed by atoms with Gasteiger partial charge in [0, 0.05) is 44.5 Å². The standard InChI is InChI=1S/C22H22BrFN4O2/c1-30-21-7-2-16(12-20(21)24)14-26-8-10-27(11-9-26)22(29)17-3-5-19(6-4-17)28-15-18(23)13-25-28/h2-7,12-13,15H,8-11,14H2,1H3. The summed E-state index contributed by atoms with van der Waals surface area (Å²) < 4.78 is 21.5. The molecule has 0 N–H and O–H groups in total. The van der Waals surface area contributed by atoms with Gasteiger partial charge in [-0.3, -0.25) is 9.69 Å². The lowest BCUT2D eigenvalue weighted by Gasteiger charge is -2.34. The van der Waals surface area contributed by atoms with Crippen LogP contribution in [0.2, 0.25) is 0 Å². The van der Waals surface area contributed by atoms with Crippen LogP contribution in [-0.4, -0.2) is 58.8 Å². The van der Waals surface area contributed by atoms with Crippen molar-refractivity contribution in [2.24, 2.45) is 0 Å². The van der Waals surface area contributed by atoms with Crippen LogP contribution in [0.4, 0.5) is 4.39 Å². The lowest BCUT2D eigenvalue weighted by molar-refractivity contribution is 0.0628. The molecule has 3 aromatic rings. The highest BCUT2D eigenvalue weighted by Crippen LogP contribution is 2.20. The van der Waals surface area contributed by atoms with Crippen molar-refractivity contribution < 1.29 is 13.9 Å². The molecule has 1 aliphatic rings. The van der Waals surface area contributed by atoms with E-state index in [0.29, 0.717) is 25.2 Å². The van der Waals surface area contributed by atoms with Crippen LogP contribution in [0.25, 0.3) is 5.69 Å². The molecule has 156 valence electrons. The van der Waals surface area contributed by atoms with E-state index in [1.165, 1.54) is 13.2 Å². The number of ether oxygens (including phenoxy) is 1. The largest absolute Gasteiger partial charge is 0.494 e. The Labute approximate surface area is 183 Å². The number of piperazine rings is 1. The monoisotopic (exact) mass is 472 g/mol. The Morgan fingerprint density at radius 1 is 1.13 bits per heavy atom. The number of nitrogens with zero attached hydrogens (tertiary/aromatic N) is 4. The van der Waals surface area contributed by atoms with Gasteiger partial charge in [-0.1, -0.05) is 6.07 Å². The Bertz CT molecular complexity index is 1030. The molecule has 0 radical (unpaired) electrons. The highest BCUT2D eigenvalue weighted by Gasteiger charge is 2.22. The van der Waals surface area contributed by atoms with E-state index in [2.05, 4.69) is 25.9 Å². The van der Waals surface area contributed by atoms with Gasteiger partial charge in [0.1, 0.15) is 0 Å². The Hall–Kier alpha value is -2.71. The fourth-order valence-electron chi connectivity index (χ4n) is 3.56. The van der Waals surface area contributed by atoms with Crippen LogP contribution in [0.5, 0.6) is 5.75 Å². The first-order valence-corrected chi connectivity index (χ1v) is 10.5. The van der Waals surface area contributed by atoms with Crippen molar-refractivity contribution in [1.82, 2.24) is 19.6 Å². The first-order chi connectivity index (χ1) is 14.5. The Kier molecular flexibility index (Phi) is 6.15. The van der Waals surface area contributed by atoms with Crippen LogP contribution in [0.1, 0.15) is 15.9 Å². The fraction of sp³-hybridized carbons (Fsp3) is 0.273. The van der Waals surface area contributed by atoms with Crippen LogP contribution >= 0.6 is 15.9 Å². The van der Waals surface area contributed by atoms with Crippen molar-refractivity contribution in [3.05, 3.63) is 76.3 Å². The zero-order valence-corrected chi connectivity index (χ0v) is 18.2. The number of aromatic nitrogens is 2. The minimum Gasteiger partial charge on any atom is -0.494 e. The summed E-state index contributed by atoms with van der Waals surface area (Å²) in [6.07, 6.45) is 3.59. The molecule has 1 amide bonds. The molecule has 1 aromatic heterocycles. The third kappa shape index (κ3) is 4.55. The van der Waals surface area contributed by atoms with Crippen LogP contribution in [0.3, 0.4) is 0 Å². The summed E-state index contributed by atoms with van der Waals surface area (Å²) in [4.78, 5) is 16.9. The number of hydrogen-bond acceptors (Lipinski definition) is 4. The quantitative estimate of drug-likeness (QED) is 0.567. The molecule has 0 unspecified atom stereocenters. The minimum absolute atomic E-state index is 0.0262. The van der Waals surface area contributed by atoms with E-state index >= 15 is 0 Å². The Morgan fingerprint density at radius 3 is 2.47 bits per heavy atom. The number of carbonyl (C=O) groups is 1. The summed E-state index contributed by atoms with van der Waals surface area (Å²) in [5.74, 6) is -0.0755. The van der Waals surface area contributed by atoms with Gasteiger partial charge in [0.25, 0.3) is 5.91 Å². The second kappa shape index (κ2) is 8.97. The zero-order chi connectivity index (χ0) is 21.1. The van der Waals surface area contributed by atoms with Crippen LogP contribution < -0.4 is 4.74 Å². The third-order valence-electron chi connectivity index (χ3n) is 5.21. The van der Waals surface area contributed by atoms with Gasteiger partial charge in [-0.05, 0) is 57.9 Å². The minimum atomic E-state index is -0.352. The maximum Gasteiger partial charge on any atom is 0.253 e. The normalized spacial score (nSPS) is 14.7. The highest BCUT2D eigenvalue weighted by atomic mass is 79.9. The molecule has 2 heterocycles. The van der Waals surface area contributed by atoms with Gasteiger partial charge in [-0.25, -0.2) is 9.07 Å². The first-order valence-electron chi connectivity index (χ1n) is 9.68. The summed E-state index contributed by atoms with van der Waals surface area (Å²) >= 11 is 3.38. The second-order valence-electron chi connectivity index (χ2n) is 7.19. The van der Waals surface area contributed by atoms with Crippen LogP contribution in [0, 0.1) is 5.82 Å². The third-order valence-corrected chi connectivity index (χ3v) is 5.62. The van der Waals surface area contributed by atoms with Crippen molar-refractivity contribution in [3.8, 4) is 11.4 Å². The predicted octanol–water partition coefficient (Wildman–Crippen LogP) is 3.74. The summed E-state index contributed by atoms with van der Waals surface area (Å²) in [7, 11) is 1.46. The van der Waals surface area contributed by atoms with Gasteiger partial charge in [0.2, 0.25) is 0 Å². The molecule has 0 saturated carbocycles. The van der Waals surface area contributed by atoms with Crippen molar-refractivity contribution in [2.75, 3.05) is 33.3 Å². The second-order valence-corrected chi connectivity index (χ2v) is 8.10. The van der Waals surface area contributed by atoms with E-state index in [9.17, 15) is 9.18 Å². The highest BCUT2D eigenvalue weighted by molar-refractivity contribution is 9.10. The van der Waals surface area contributed by atoms with Gasteiger partial charge in [0.05, 0.1) is 23.5 Å². The van der Waals surface area contributed by atoms with Crippen molar-refractivity contribution in [3.63, 3.8) is 0 Å². The van der Waals surface area contributed by atoms with Gasteiger partial charge in [0.15, 0.2) is 11.6 Å². The summed E-state index contributed by atoms with van der Waals surface area (Å²) in [5, 5.41) is 4.25.